The zero-order valence-corrected chi connectivity index (χ0v) is 11.0. The van der Waals surface area contributed by atoms with Gasteiger partial charge in [0.2, 0.25) is 0 Å². The summed E-state index contributed by atoms with van der Waals surface area (Å²) in [7, 11) is 0. The quantitative estimate of drug-likeness (QED) is 0.622. The Labute approximate surface area is 108 Å². The average molecular weight is 248 g/mol. The maximum Gasteiger partial charge on any atom is 0.272 e. The third-order valence-corrected chi connectivity index (χ3v) is 3.57. The van der Waals surface area contributed by atoms with E-state index in [1.165, 1.54) is 18.4 Å². The largest absolute Gasteiger partial charge is 0.314 e. The van der Waals surface area contributed by atoms with E-state index < -0.39 is 0 Å². The minimum atomic E-state index is -0.318. The van der Waals surface area contributed by atoms with Crippen LogP contribution in [-0.2, 0) is 6.42 Å². The van der Waals surface area contributed by atoms with Gasteiger partial charge in [0.25, 0.3) is 5.69 Å². The highest BCUT2D eigenvalue weighted by atomic mass is 16.6. The third-order valence-electron chi connectivity index (χ3n) is 3.57. The fourth-order valence-corrected chi connectivity index (χ4v) is 2.47. The molecule has 0 aromatic heterocycles. The number of nitrogens with one attached hydrogen (secondary N) is 1. The smallest absolute Gasteiger partial charge is 0.272 e. The van der Waals surface area contributed by atoms with Crippen LogP contribution in [0, 0.1) is 23.0 Å². The molecule has 1 aromatic rings. The molecule has 0 aliphatic heterocycles. The Balaban J connectivity index is 2.08. The van der Waals surface area contributed by atoms with Crippen LogP contribution >= 0.6 is 0 Å². The second kappa shape index (κ2) is 5.48. The van der Waals surface area contributed by atoms with Gasteiger partial charge in [0.1, 0.15) is 0 Å². The molecule has 2 rings (SSSR count). The molecule has 4 heteroatoms. The van der Waals surface area contributed by atoms with Gasteiger partial charge >= 0.3 is 0 Å². The molecule has 4 nitrogen and oxygen atoms in total. The van der Waals surface area contributed by atoms with E-state index in [-0.39, 0.29) is 10.6 Å². The molecule has 1 aliphatic carbocycles. The molecule has 1 aliphatic rings. The molecule has 0 heterocycles. The number of nitro benzene ring substituents is 1. The molecule has 0 spiro atoms. The lowest BCUT2D eigenvalue weighted by Crippen LogP contribution is -2.32. The van der Waals surface area contributed by atoms with Crippen LogP contribution in [0.15, 0.2) is 18.2 Å². The van der Waals surface area contributed by atoms with Gasteiger partial charge in [-0.3, -0.25) is 10.1 Å². The van der Waals surface area contributed by atoms with Crippen LogP contribution in [0.4, 0.5) is 5.69 Å². The van der Waals surface area contributed by atoms with Crippen molar-refractivity contribution in [2.24, 2.45) is 5.92 Å². The molecule has 1 aromatic carbocycles. The van der Waals surface area contributed by atoms with Gasteiger partial charge in [0, 0.05) is 17.7 Å². The van der Waals surface area contributed by atoms with Crippen LogP contribution in [0.3, 0.4) is 0 Å². The second-order valence-corrected chi connectivity index (χ2v) is 5.08. The molecule has 1 unspecified atom stereocenters. The monoisotopic (exact) mass is 248 g/mol. The summed E-state index contributed by atoms with van der Waals surface area (Å²) < 4.78 is 0. The normalized spacial score (nSPS) is 16.6. The summed E-state index contributed by atoms with van der Waals surface area (Å²) in [5.41, 5.74) is 2.16. The number of nitrogens with zero attached hydrogens (tertiary/aromatic N) is 1. The van der Waals surface area contributed by atoms with Crippen molar-refractivity contribution in [1.82, 2.24) is 5.32 Å². The Morgan fingerprint density at radius 2 is 2.22 bits per heavy atom. The summed E-state index contributed by atoms with van der Waals surface area (Å²) in [5, 5.41) is 14.3. The van der Waals surface area contributed by atoms with E-state index in [0.717, 1.165) is 24.4 Å². The molecule has 0 bridgehead atoms. The average Bonchev–Trinajstić information content (AvgIpc) is 3.11. The van der Waals surface area contributed by atoms with Crippen molar-refractivity contribution in [3.63, 3.8) is 0 Å². The number of nitro groups is 1. The first-order valence-corrected chi connectivity index (χ1v) is 6.59. The van der Waals surface area contributed by atoms with Gasteiger partial charge in [0.05, 0.1) is 4.92 Å². The fourth-order valence-electron chi connectivity index (χ4n) is 2.47. The SMILES string of the molecule is CCNC(Cc1ccc([N+](=O)[O-])c(C)c1)C1CC1. The summed E-state index contributed by atoms with van der Waals surface area (Å²) in [6, 6.07) is 5.99. The van der Waals surface area contributed by atoms with Crippen molar-refractivity contribution in [3.05, 3.63) is 39.4 Å². The fraction of sp³-hybridized carbons (Fsp3) is 0.571. The van der Waals surface area contributed by atoms with Crippen molar-refractivity contribution in [2.75, 3.05) is 6.54 Å². The maximum atomic E-state index is 10.8. The first-order valence-electron chi connectivity index (χ1n) is 6.59. The summed E-state index contributed by atoms with van der Waals surface area (Å²) in [6.07, 6.45) is 3.59. The van der Waals surface area contributed by atoms with Gasteiger partial charge in [-0.05, 0) is 50.3 Å². The highest BCUT2D eigenvalue weighted by Crippen LogP contribution is 2.34. The Kier molecular flexibility index (Phi) is 3.97. The zero-order valence-electron chi connectivity index (χ0n) is 11.0. The number of rotatable bonds is 6. The Bertz CT molecular complexity index is 441. The summed E-state index contributed by atoms with van der Waals surface area (Å²) >= 11 is 0. The Morgan fingerprint density at radius 1 is 1.50 bits per heavy atom. The van der Waals surface area contributed by atoms with E-state index in [1.807, 2.05) is 12.1 Å². The van der Waals surface area contributed by atoms with E-state index >= 15 is 0 Å². The van der Waals surface area contributed by atoms with Gasteiger partial charge in [0.15, 0.2) is 0 Å². The standard InChI is InChI=1S/C14H20N2O2/c1-3-15-13(12-5-6-12)9-11-4-7-14(16(17)18)10(2)8-11/h4,7-8,12-13,15H,3,5-6,9H2,1-2H3. The van der Waals surface area contributed by atoms with Gasteiger partial charge < -0.3 is 5.32 Å². The van der Waals surface area contributed by atoms with Crippen LogP contribution in [-0.4, -0.2) is 17.5 Å². The van der Waals surface area contributed by atoms with E-state index in [4.69, 9.17) is 0 Å². The highest BCUT2D eigenvalue weighted by molar-refractivity contribution is 5.42. The zero-order chi connectivity index (χ0) is 13.1. The molecule has 0 radical (unpaired) electrons. The minimum absolute atomic E-state index is 0.213. The molecule has 0 saturated heterocycles. The van der Waals surface area contributed by atoms with Gasteiger partial charge in [-0.2, -0.15) is 0 Å². The van der Waals surface area contributed by atoms with Gasteiger partial charge in [-0.15, -0.1) is 0 Å². The number of likely N-dealkylation sites (N-methyl/N-ethyl adjacent to an activating group) is 1. The lowest BCUT2D eigenvalue weighted by atomic mass is 10.00. The first-order chi connectivity index (χ1) is 8.61. The van der Waals surface area contributed by atoms with Crippen LogP contribution in [0.25, 0.3) is 0 Å². The van der Waals surface area contributed by atoms with E-state index in [1.54, 1.807) is 13.0 Å². The lowest BCUT2D eigenvalue weighted by Gasteiger charge is -2.17. The minimum Gasteiger partial charge on any atom is -0.314 e. The van der Waals surface area contributed by atoms with E-state index in [9.17, 15) is 10.1 Å². The van der Waals surface area contributed by atoms with Crippen molar-refractivity contribution < 1.29 is 4.92 Å². The molecule has 18 heavy (non-hydrogen) atoms. The predicted octanol–water partition coefficient (Wildman–Crippen LogP) is 2.83. The Morgan fingerprint density at radius 3 is 2.72 bits per heavy atom. The number of aryl methyl sites for hydroxylation is 1. The van der Waals surface area contributed by atoms with Crippen LogP contribution in [0.1, 0.15) is 30.9 Å². The molecule has 0 amide bonds. The third kappa shape index (κ3) is 3.07. The molecular formula is C14H20N2O2. The number of benzene rings is 1. The van der Waals surface area contributed by atoms with E-state index in [0.29, 0.717) is 6.04 Å². The van der Waals surface area contributed by atoms with Crippen molar-refractivity contribution in [3.8, 4) is 0 Å². The predicted molar refractivity (Wildman–Crippen MR) is 71.7 cm³/mol. The van der Waals surface area contributed by atoms with Crippen LogP contribution in [0.5, 0.6) is 0 Å². The van der Waals surface area contributed by atoms with Crippen LogP contribution < -0.4 is 5.32 Å². The molecular weight excluding hydrogens is 228 g/mol. The molecule has 1 saturated carbocycles. The molecule has 1 fully saturated rings. The maximum absolute atomic E-state index is 10.8. The molecule has 1 atom stereocenters. The topological polar surface area (TPSA) is 55.2 Å². The van der Waals surface area contributed by atoms with Crippen molar-refractivity contribution >= 4 is 5.69 Å². The van der Waals surface area contributed by atoms with Gasteiger partial charge in [-0.25, -0.2) is 0 Å². The molecule has 98 valence electrons. The lowest BCUT2D eigenvalue weighted by molar-refractivity contribution is -0.385. The van der Waals surface area contributed by atoms with Crippen LogP contribution in [0.2, 0.25) is 0 Å². The number of hydrogen-bond acceptors (Lipinski definition) is 3. The van der Waals surface area contributed by atoms with E-state index in [2.05, 4.69) is 12.2 Å². The van der Waals surface area contributed by atoms with Crippen molar-refractivity contribution in [1.29, 1.82) is 0 Å². The second-order valence-electron chi connectivity index (χ2n) is 5.08. The summed E-state index contributed by atoms with van der Waals surface area (Å²) in [6.45, 7) is 4.91. The van der Waals surface area contributed by atoms with Gasteiger partial charge in [-0.1, -0.05) is 13.0 Å². The molecule has 1 N–H and O–H groups in total. The first kappa shape index (κ1) is 13.0. The Hall–Kier alpha value is -1.42. The van der Waals surface area contributed by atoms with Crippen molar-refractivity contribution in [2.45, 2.75) is 39.2 Å². The highest BCUT2D eigenvalue weighted by Gasteiger charge is 2.30. The summed E-state index contributed by atoms with van der Waals surface area (Å²) in [4.78, 5) is 10.5. The summed E-state index contributed by atoms with van der Waals surface area (Å²) in [5.74, 6) is 0.792. The number of hydrogen-bond donors (Lipinski definition) is 1.